The first kappa shape index (κ1) is 11.7. The van der Waals surface area contributed by atoms with Crippen molar-refractivity contribution in [1.29, 1.82) is 0 Å². The summed E-state index contributed by atoms with van der Waals surface area (Å²) >= 11 is 0. The zero-order valence-corrected chi connectivity index (χ0v) is 9.40. The second kappa shape index (κ2) is 5.46. The second-order valence-electron chi connectivity index (χ2n) is 3.69. The average molecular weight is 207 g/mol. The van der Waals surface area contributed by atoms with E-state index in [1.165, 1.54) is 0 Å². The van der Waals surface area contributed by atoms with Gasteiger partial charge in [-0.1, -0.05) is 0 Å². The van der Waals surface area contributed by atoms with E-state index < -0.39 is 0 Å². The minimum Gasteiger partial charge on any atom is -0.347 e. The summed E-state index contributed by atoms with van der Waals surface area (Å²) in [5.74, 6) is 0.0871. The number of pyridine rings is 1. The molecule has 1 aromatic heterocycles. The van der Waals surface area contributed by atoms with E-state index in [-0.39, 0.29) is 11.9 Å². The van der Waals surface area contributed by atoms with Crippen LogP contribution < -0.4 is 5.32 Å². The number of aromatic nitrogens is 1. The highest BCUT2D eigenvalue weighted by Gasteiger charge is 2.13. The first-order valence-electron chi connectivity index (χ1n) is 4.94. The van der Waals surface area contributed by atoms with Crippen LogP contribution >= 0.6 is 0 Å². The molecule has 1 aromatic rings. The summed E-state index contributed by atoms with van der Waals surface area (Å²) in [6, 6.07) is 3.70. The van der Waals surface area contributed by atoms with Gasteiger partial charge >= 0.3 is 0 Å². The molecule has 0 aliphatic rings. The van der Waals surface area contributed by atoms with Crippen LogP contribution in [0.5, 0.6) is 0 Å². The van der Waals surface area contributed by atoms with Crippen LogP contribution in [-0.2, 0) is 11.3 Å². The zero-order valence-electron chi connectivity index (χ0n) is 9.40. The zero-order chi connectivity index (χ0) is 11.3. The first-order valence-corrected chi connectivity index (χ1v) is 4.94. The smallest absolute Gasteiger partial charge is 0.238 e. The number of amides is 1. The maximum Gasteiger partial charge on any atom is 0.238 e. The van der Waals surface area contributed by atoms with Crippen molar-refractivity contribution >= 4 is 5.91 Å². The summed E-state index contributed by atoms with van der Waals surface area (Å²) in [7, 11) is 3.51. The van der Waals surface area contributed by atoms with Gasteiger partial charge in [-0.2, -0.15) is 0 Å². The van der Waals surface area contributed by atoms with Gasteiger partial charge in [-0.15, -0.1) is 0 Å². The van der Waals surface area contributed by atoms with Gasteiger partial charge in [0.05, 0.1) is 6.04 Å². The molecule has 0 unspecified atom stereocenters. The van der Waals surface area contributed by atoms with Gasteiger partial charge in [0.25, 0.3) is 0 Å². The van der Waals surface area contributed by atoms with Crippen LogP contribution in [0.15, 0.2) is 24.5 Å². The number of nitrogens with one attached hydrogen (secondary N) is 1. The van der Waals surface area contributed by atoms with Gasteiger partial charge in [-0.25, -0.2) is 0 Å². The summed E-state index contributed by atoms with van der Waals surface area (Å²) in [5, 5.41) is 3.16. The summed E-state index contributed by atoms with van der Waals surface area (Å²) in [5.41, 5.74) is 1.13. The van der Waals surface area contributed by atoms with Crippen LogP contribution in [0.4, 0.5) is 0 Å². The molecule has 4 nitrogen and oxygen atoms in total. The third kappa shape index (κ3) is 3.67. The summed E-state index contributed by atoms with van der Waals surface area (Å²) in [6.45, 7) is 2.55. The van der Waals surface area contributed by atoms with Gasteiger partial charge in [-0.05, 0) is 24.6 Å². The molecule has 1 N–H and O–H groups in total. The molecular formula is C11H17N3O. The van der Waals surface area contributed by atoms with Crippen molar-refractivity contribution in [3.63, 3.8) is 0 Å². The van der Waals surface area contributed by atoms with Gasteiger partial charge in [0.1, 0.15) is 0 Å². The van der Waals surface area contributed by atoms with Gasteiger partial charge in [0.2, 0.25) is 5.91 Å². The van der Waals surface area contributed by atoms with Gasteiger partial charge in [0.15, 0.2) is 0 Å². The topological polar surface area (TPSA) is 45.2 Å². The lowest BCUT2D eigenvalue weighted by molar-refractivity contribution is -0.130. The molecule has 15 heavy (non-hydrogen) atoms. The van der Waals surface area contributed by atoms with E-state index >= 15 is 0 Å². The third-order valence-electron chi connectivity index (χ3n) is 2.17. The normalized spacial score (nSPS) is 12.2. The molecule has 0 fully saturated rings. The molecule has 1 heterocycles. The average Bonchev–Trinajstić information content (AvgIpc) is 2.26. The molecule has 0 radical (unpaired) electrons. The minimum atomic E-state index is -0.159. The maximum absolute atomic E-state index is 11.5. The van der Waals surface area contributed by atoms with Crippen LogP contribution in [0.2, 0.25) is 0 Å². The SMILES string of the molecule is C[C@H](NCc1ccncc1)C(=O)N(C)C. The highest BCUT2D eigenvalue weighted by atomic mass is 16.2. The van der Waals surface area contributed by atoms with Crippen molar-refractivity contribution < 1.29 is 4.79 Å². The Morgan fingerprint density at radius 3 is 2.60 bits per heavy atom. The lowest BCUT2D eigenvalue weighted by Gasteiger charge is -2.17. The highest BCUT2D eigenvalue weighted by Crippen LogP contribution is 1.97. The molecule has 0 aliphatic heterocycles. The Bertz CT molecular complexity index is 311. The third-order valence-corrected chi connectivity index (χ3v) is 2.17. The predicted octanol–water partition coefficient (Wildman–Crippen LogP) is 0.648. The largest absolute Gasteiger partial charge is 0.347 e. The van der Waals surface area contributed by atoms with Crippen molar-refractivity contribution in [2.45, 2.75) is 19.5 Å². The molecule has 0 aromatic carbocycles. The first-order chi connectivity index (χ1) is 7.11. The van der Waals surface area contributed by atoms with Crippen molar-refractivity contribution in [3.8, 4) is 0 Å². The van der Waals surface area contributed by atoms with Crippen LogP contribution in [0.3, 0.4) is 0 Å². The fourth-order valence-electron chi connectivity index (χ4n) is 1.25. The van der Waals surface area contributed by atoms with E-state index in [0.29, 0.717) is 6.54 Å². The van der Waals surface area contributed by atoms with E-state index in [0.717, 1.165) is 5.56 Å². The molecule has 0 saturated heterocycles. The Hall–Kier alpha value is -1.42. The molecule has 1 rings (SSSR count). The number of likely N-dealkylation sites (N-methyl/N-ethyl adjacent to an activating group) is 1. The number of carbonyl (C=O) groups excluding carboxylic acids is 1. The van der Waals surface area contributed by atoms with Crippen molar-refractivity contribution in [1.82, 2.24) is 15.2 Å². The van der Waals surface area contributed by atoms with E-state index in [4.69, 9.17) is 0 Å². The molecule has 82 valence electrons. The van der Waals surface area contributed by atoms with E-state index in [1.807, 2.05) is 19.1 Å². The highest BCUT2D eigenvalue weighted by molar-refractivity contribution is 5.80. The van der Waals surface area contributed by atoms with Gasteiger partial charge in [-0.3, -0.25) is 9.78 Å². The number of nitrogens with zero attached hydrogens (tertiary/aromatic N) is 2. The van der Waals surface area contributed by atoms with Gasteiger partial charge < -0.3 is 10.2 Å². The lowest BCUT2D eigenvalue weighted by Crippen LogP contribution is -2.41. The van der Waals surface area contributed by atoms with Crippen LogP contribution in [0.1, 0.15) is 12.5 Å². The Morgan fingerprint density at radius 2 is 2.07 bits per heavy atom. The monoisotopic (exact) mass is 207 g/mol. The Morgan fingerprint density at radius 1 is 1.47 bits per heavy atom. The molecular weight excluding hydrogens is 190 g/mol. The quantitative estimate of drug-likeness (QED) is 0.788. The summed E-state index contributed by atoms with van der Waals surface area (Å²) in [6.07, 6.45) is 3.49. The van der Waals surface area contributed by atoms with E-state index in [2.05, 4.69) is 10.3 Å². The number of hydrogen-bond donors (Lipinski definition) is 1. The van der Waals surface area contributed by atoms with E-state index in [9.17, 15) is 4.79 Å². The Kier molecular flexibility index (Phi) is 4.24. The number of carbonyl (C=O) groups is 1. The van der Waals surface area contributed by atoms with Crippen LogP contribution in [0, 0.1) is 0 Å². The van der Waals surface area contributed by atoms with Crippen molar-refractivity contribution in [2.24, 2.45) is 0 Å². The van der Waals surface area contributed by atoms with Crippen LogP contribution in [-0.4, -0.2) is 35.9 Å². The van der Waals surface area contributed by atoms with Crippen LogP contribution in [0.25, 0.3) is 0 Å². The Labute approximate surface area is 90.3 Å². The predicted molar refractivity (Wildman–Crippen MR) is 59.2 cm³/mol. The fourth-order valence-corrected chi connectivity index (χ4v) is 1.25. The lowest BCUT2D eigenvalue weighted by atomic mass is 10.2. The fraction of sp³-hybridized carbons (Fsp3) is 0.455. The molecule has 1 atom stereocenters. The molecule has 0 saturated carbocycles. The minimum absolute atomic E-state index is 0.0871. The molecule has 0 bridgehead atoms. The number of rotatable bonds is 4. The molecule has 0 aliphatic carbocycles. The Balaban J connectivity index is 2.41. The summed E-state index contributed by atoms with van der Waals surface area (Å²) in [4.78, 5) is 17.0. The standard InChI is InChI=1S/C11H17N3O/c1-9(11(15)14(2)3)13-8-10-4-6-12-7-5-10/h4-7,9,13H,8H2,1-3H3/t9-/m0/s1. The van der Waals surface area contributed by atoms with Crippen molar-refractivity contribution in [2.75, 3.05) is 14.1 Å². The second-order valence-corrected chi connectivity index (χ2v) is 3.69. The van der Waals surface area contributed by atoms with E-state index in [1.54, 1.807) is 31.4 Å². The number of hydrogen-bond acceptors (Lipinski definition) is 3. The van der Waals surface area contributed by atoms with Crippen molar-refractivity contribution in [3.05, 3.63) is 30.1 Å². The molecule has 0 spiro atoms. The summed E-state index contributed by atoms with van der Waals surface area (Å²) < 4.78 is 0. The van der Waals surface area contributed by atoms with Gasteiger partial charge in [0, 0.05) is 33.0 Å². The molecule has 1 amide bonds. The molecule has 4 heteroatoms. The maximum atomic E-state index is 11.5.